The number of rotatable bonds is 6. The molecule has 2 aliphatic rings. The van der Waals surface area contributed by atoms with Crippen LogP contribution in [0.2, 0.25) is 0 Å². The minimum absolute atomic E-state index is 0.216. The summed E-state index contributed by atoms with van der Waals surface area (Å²) in [5.74, 6) is 3.56. The van der Waals surface area contributed by atoms with Crippen LogP contribution in [0.3, 0.4) is 0 Å². The predicted octanol–water partition coefficient (Wildman–Crippen LogP) is 4.25. The minimum atomic E-state index is 0.216. The molecule has 25 heavy (non-hydrogen) atoms. The molecule has 0 atom stereocenters. The molecule has 0 saturated heterocycles. The highest BCUT2D eigenvalue weighted by atomic mass is 16.5. The van der Waals surface area contributed by atoms with Crippen molar-refractivity contribution >= 4 is 5.78 Å². The van der Waals surface area contributed by atoms with Crippen LogP contribution in [0.1, 0.15) is 35.2 Å². The molecule has 0 aromatic heterocycles. The molecular weight excluding hydrogens is 316 g/mol. The maximum Gasteiger partial charge on any atom is 0.203 e. The number of fused-ring (bicyclic) bond motifs is 1. The largest absolute Gasteiger partial charge is 0.493 e. The average molecular weight is 337 g/mol. The Morgan fingerprint density at radius 1 is 0.840 bits per heavy atom. The van der Waals surface area contributed by atoms with Gasteiger partial charge in [-0.25, -0.2) is 0 Å². The highest BCUT2D eigenvalue weighted by molar-refractivity contribution is 6.02. The summed E-state index contributed by atoms with van der Waals surface area (Å²) in [5.41, 5.74) is 3.92. The van der Waals surface area contributed by atoms with Crippen molar-refractivity contribution in [1.82, 2.24) is 0 Å². The summed E-state index contributed by atoms with van der Waals surface area (Å²) < 4.78 is 17.2. The lowest BCUT2D eigenvalue weighted by atomic mass is 9.95. The van der Waals surface area contributed by atoms with Gasteiger partial charge in [0.25, 0.3) is 0 Å². The SMILES string of the molecule is COc1ccc(-c2cccc3c2CCC3=O)c(OC[C]2CC2)c1OC. The van der Waals surface area contributed by atoms with E-state index in [9.17, 15) is 4.79 Å². The minimum Gasteiger partial charge on any atom is -0.493 e. The van der Waals surface area contributed by atoms with E-state index in [1.54, 1.807) is 14.2 Å². The number of hydrogen-bond acceptors (Lipinski definition) is 4. The van der Waals surface area contributed by atoms with Gasteiger partial charge in [0, 0.05) is 23.5 Å². The number of methoxy groups -OCH3 is 2. The molecule has 0 spiro atoms. The molecule has 0 unspecified atom stereocenters. The number of ether oxygens (including phenoxy) is 3. The Hall–Kier alpha value is -2.49. The second-order valence-electron chi connectivity index (χ2n) is 6.47. The predicted molar refractivity (Wildman–Crippen MR) is 95.6 cm³/mol. The van der Waals surface area contributed by atoms with Gasteiger partial charge >= 0.3 is 0 Å². The lowest BCUT2D eigenvalue weighted by Gasteiger charge is -2.19. The zero-order chi connectivity index (χ0) is 17.4. The van der Waals surface area contributed by atoms with E-state index in [1.807, 2.05) is 24.3 Å². The second kappa shape index (κ2) is 6.43. The lowest BCUT2D eigenvalue weighted by molar-refractivity contribution is 0.0994. The summed E-state index contributed by atoms with van der Waals surface area (Å²) in [4.78, 5) is 12.1. The van der Waals surface area contributed by atoms with Gasteiger partial charge in [0.15, 0.2) is 17.3 Å². The zero-order valence-corrected chi connectivity index (χ0v) is 14.6. The molecule has 1 saturated carbocycles. The van der Waals surface area contributed by atoms with Crippen LogP contribution in [-0.4, -0.2) is 26.6 Å². The number of carbonyl (C=O) groups excluding carboxylic acids is 1. The summed E-state index contributed by atoms with van der Waals surface area (Å²) in [6.07, 6.45) is 3.62. The zero-order valence-electron chi connectivity index (χ0n) is 14.6. The van der Waals surface area contributed by atoms with Crippen molar-refractivity contribution in [3.8, 4) is 28.4 Å². The first-order valence-electron chi connectivity index (χ1n) is 8.59. The van der Waals surface area contributed by atoms with E-state index in [0.717, 1.165) is 41.5 Å². The van der Waals surface area contributed by atoms with E-state index in [1.165, 1.54) is 5.92 Å². The Morgan fingerprint density at radius 2 is 1.64 bits per heavy atom. The summed E-state index contributed by atoms with van der Waals surface area (Å²) >= 11 is 0. The first-order valence-corrected chi connectivity index (χ1v) is 8.59. The third kappa shape index (κ3) is 2.86. The van der Waals surface area contributed by atoms with E-state index in [-0.39, 0.29) is 5.78 Å². The summed E-state index contributed by atoms with van der Waals surface area (Å²) in [7, 11) is 3.24. The van der Waals surface area contributed by atoms with Crippen molar-refractivity contribution in [2.45, 2.75) is 25.7 Å². The Morgan fingerprint density at radius 3 is 2.36 bits per heavy atom. The van der Waals surface area contributed by atoms with Crippen molar-refractivity contribution < 1.29 is 19.0 Å². The van der Waals surface area contributed by atoms with Crippen LogP contribution in [0.4, 0.5) is 0 Å². The highest BCUT2D eigenvalue weighted by Gasteiger charge is 2.28. The van der Waals surface area contributed by atoms with E-state index in [2.05, 4.69) is 6.07 Å². The maximum absolute atomic E-state index is 12.1. The molecule has 4 nitrogen and oxygen atoms in total. The molecule has 0 heterocycles. The fourth-order valence-electron chi connectivity index (χ4n) is 3.40. The molecule has 2 aromatic rings. The van der Waals surface area contributed by atoms with Crippen LogP contribution in [0.15, 0.2) is 30.3 Å². The molecule has 129 valence electrons. The molecule has 4 heteroatoms. The molecule has 4 rings (SSSR count). The normalized spacial score (nSPS) is 15.8. The van der Waals surface area contributed by atoms with E-state index >= 15 is 0 Å². The van der Waals surface area contributed by atoms with Gasteiger partial charge in [-0.2, -0.15) is 0 Å². The van der Waals surface area contributed by atoms with E-state index < -0.39 is 0 Å². The Bertz CT molecular complexity index is 821. The van der Waals surface area contributed by atoms with Gasteiger partial charge in [0.2, 0.25) is 5.75 Å². The monoisotopic (exact) mass is 337 g/mol. The molecule has 0 aliphatic heterocycles. The van der Waals surface area contributed by atoms with Crippen molar-refractivity contribution in [3.05, 3.63) is 47.4 Å². The van der Waals surface area contributed by atoms with Gasteiger partial charge in [-0.15, -0.1) is 0 Å². The van der Waals surface area contributed by atoms with Gasteiger partial charge < -0.3 is 14.2 Å². The smallest absolute Gasteiger partial charge is 0.203 e. The van der Waals surface area contributed by atoms with Crippen molar-refractivity contribution in [2.24, 2.45) is 0 Å². The van der Waals surface area contributed by atoms with E-state index in [0.29, 0.717) is 30.3 Å². The van der Waals surface area contributed by atoms with Gasteiger partial charge in [-0.1, -0.05) is 18.2 Å². The maximum atomic E-state index is 12.1. The number of hydrogen-bond donors (Lipinski definition) is 0. The highest BCUT2D eigenvalue weighted by Crippen LogP contribution is 2.47. The van der Waals surface area contributed by atoms with Crippen LogP contribution >= 0.6 is 0 Å². The Labute approximate surface area is 147 Å². The lowest BCUT2D eigenvalue weighted by Crippen LogP contribution is -2.04. The first kappa shape index (κ1) is 16.0. The second-order valence-corrected chi connectivity index (χ2v) is 6.47. The van der Waals surface area contributed by atoms with Gasteiger partial charge in [-0.3, -0.25) is 4.79 Å². The number of ketones is 1. The third-order valence-corrected chi connectivity index (χ3v) is 4.89. The summed E-state index contributed by atoms with van der Waals surface area (Å²) in [5, 5.41) is 0. The van der Waals surface area contributed by atoms with Crippen LogP contribution < -0.4 is 14.2 Å². The van der Waals surface area contributed by atoms with Gasteiger partial charge in [-0.05, 0) is 42.5 Å². The number of benzene rings is 2. The topological polar surface area (TPSA) is 44.8 Å². The van der Waals surface area contributed by atoms with Crippen molar-refractivity contribution in [2.75, 3.05) is 20.8 Å². The average Bonchev–Trinajstić information content (AvgIpc) is 3.40. The van der Waals surface area contributed by atoms with Crippen LogP contribution in [-0.2, 0) is 6.42 Å². The Balaban J connectivity index is 1.85. The van der Waals surface area contributed by atoms with E-state index in [4.69, 9.17) is 14.2 Å². The van der Waals surface area contributed by atoms with Crippen molar-refractivity contribution in [3.63, 3.8) is 0 Å². The molecule has 2 aliphatic carbocycles. The number of carbonyl (C=O) groups is 1. The molecule has 1 fully saturated rings. The fraction of sp³-hybridized carbons (Fsp3) is 0.333. The quantitative estimate of drug-likeness (QED) is 0.790. The van der Waals surface area contributed by atoms with Crippen LogP contribution in [0, 0.1) is 5.92 Å². The molecule has 0 N–H and O–H groups in total. The van der Waals surface area contributed by atoms with Crippen LogP contribution in [0.5, 0.6) is 17.2 Å². The fourth-order valence-corrected chi connectivity index (χ4v) is 3.40. The molecule has 2 aromatic carbocycles. The molecule has 1 radical (unpaired) electrons. The first-order chi connectivity index (χ1) is 12.2. The standard InChI is InChI=1S/C21H21O4/c1-23-19-11-9-17(20(21(19)24-2)25-12-13-6-7-13)14-4-3-5-16-15(14)8-10-18(16)22/h3-5,9,11H,6-8,10,12H2,1-2H3. The van der Waals surface area contributed by atoms with Crippen molar-refractivity contribution in [1.29, 1.82) is 0 Å². The molecular formula is C21H21O4. The van der Waals surface area contributed by atoms with Gasteiger partial charge in [0.05, 0.1) is 20.8 Å². The third-order valence-electron chi connectivity index (χ3n) is 4.89. The summed E-state index contributed by atoms with van der Waals surface area (Å²) in [6.45, 7) is 0.602. The van der Waals surface area contributed by atoms with Crippen LogP contribution in [0.25, 0.3) is 11.1 Å². The summed E-state index contributed by atoms with van der Waals surface area (Å²) in [6, 6.07) is 9.78. The molecule has 0 amide bonds. The number of Topliss-reactive ketones (excluding diaryl/α,β-unsaturated/α-hetero) is 1. The van der Waals surface area contributed by atoms with Gasteiger partial charge in [0.1, 0.15) is 0 Å². The Kier molecular flexibility index (Phi) is 4.12. The molecule has 0 bridgehead atoms.